The molecule has 1 aromatic carbocycles. The second-order valence-corrected chi connectivity index (χ2v) is 16.7. The van der Waals surface area contributed by atoms with Crippen molar-refractivity contribution in [1.29, 1.82) is 10.5 Å². The van der Waals surface area contributed by atoms with Gasteiger partial charge < -0.3 is 9.47 Å². The average molecular weight is 711 g/mol. The fourth-order valence-corrected chi connectivity index (χ4v) is 9.38. The van der Waals surface area contributed by atoms with E-state index in [1.54, 1.807) is 0 Å². The maximum absolute atomic E-state index is 9.73. The molecule has 4 nitrogen and oxygen atoms in total. The van der Waals surface area contributed by atoms with Crippen LogP contribution < -0.4 is 9.47 Å². The number of fused-ring (bicyclic) bond motifs is 1. The van der Waals surface area contributed by atoms with Gasteiger partial charge in [-0.2, -0.15) is 10.5 Å². The summed E-state index contributed by atoms with van der Waals surface area (Å²) in [5, 5.41) is 19.5. The third kappa shape index (κ3) is 17.3. The number of aryl methyl sites for hydroxylation is 1. The number of unbranched alkanes of at least 4 members (excludes halogenated alkanes) is 16. The molecule has 0 fully saturated rings. The Morgan fingerprint density at radius 1 is 0.571 bits per heavy atom. The number of thioether (sulfide) groups is 2. The predicted molar refractivity (Wildman–Crippen MR) is 213 cm³/mol. The van der Waals surface area contributed by atoms with Gasteiger partial charge in [0.25, 0.3) is 0 Å². The zero-order valence-corrected chi connectivity index (χ0v) is 33.8. The predicted octanol–water partition coefficient (Wildman–Crippen LogP) is 14.9. The fraction of sp³-hybridized carbons (Fsp3) is 0.767. The molecule has 2 atom stereocenters. The van der Waals surface area contributed by atoms with Crippen LogP contribution in [0.4, 0.5) is 0 Å². The Morgan fingerprint density at radius 2 is 0.959 bits per heavy atom. The molecule has 1 aliphatic heterocycles. The van der Waals surface area contributed by atoms with E-state index in [0.717, 1.165) is 44.3 Å². The molecule has 0 saturated carbocycles. The fourth-order valence-electron chi connectivity index (χ4n) is 6.80. The lowest BCUT2D eigenvalue weighted by atomic mass is 9.95. The van der Waals surface area contributed by atoms with E-state index in [9.17, 15) is 10.5 Å². The minimum atomic E-state index is 0.175. The largest absolute Gasteiger partial charge is 0.492 e. The molecule has 0 amide bonds. The standard InChI is InChI=1S/C43H70N2O2S2/c1-6-10-14-18-20-24-28-36(26-22-16-12-8-3)33-46-39-30-35(5)40(42-41(39)48-43(49-42)38(31-44)32-45)47-34-37(27-23-17-13-9-4)29-25-21-19-15-11-7-2/h30,36-37H,6-29,33-34H2,1-5H3. The van der Waals surface area contributed by atoms with Crippen molar-refractivity contribution in [2.45, 2.75) is 199 Å². The molecular formula is C43H70N2O2S2. The molecule has 0 bridgehead atoms. The molecule has 2 unspecified atom stereocenters. The van der Waals surface area contributed by atoms with E-state index < -0.39 is 0 Å². The Balaban J connectivity index is 2.22. The lowest BCUT2D eigenvalue weighted by molar-refractivity contribution is 0.210. The molecule has 276 valence electrons. The summed E-state index contributed by atoms with van der Waals surface area (Å²) in [6, 6.07) is 6.41. The Hall–Kier alpha value is -1.76. The Bertz CT molecular complexity index is 1140. The minimum absolute atomic E-state index is 0.175. The SMILES string of the molecule is CCCCCCCCC(CCCCCC)COc1cc(C)c(OCC(CCCCCC)CCCCCCCC)c2c1SC(=C(C#N)C#N)S2. The topological polar surface area (TPSA) is 66.0 Å². The highest BCUT2D eigenvalue weighted by atomic mass is 32.2. The van der Waals surface area contributed by atoms with Gasteiger partial charge >= 0.3 is 0 Å². The first kappa shape index (κ1) is 43.4. The van der Waals surface area contributed by atoms with E-state index in [-0.39, 0.29) is 5.57 Å². The molecule has 1 aromatic rings. The quantitative estimate of drug-likeness (QED) is 0.0585. The van der Waals surface area contributed by atoms with Gasteiger partial charge in [0.05, 0.1) is 27.2 Å². The summed E-state index contributed by atoms with van der Waals surface area (Å²) in [4.78, 5) is 2.04. The Labute approximate surface area is 310 Å². The van der Waals surface area contributed by atoms with Crippen LogP contribution in [-0.4, -0.2) is 13.2 Å². The zero-order chi connectivity index (χ0) is 35.5. The van der Waals surface area contributed by atoms with Crippen molar-refractivity contribution >= 4 is 23.5 Å². The molecular weight excluding hydrogens is 641 g/mol. The molecule has 0 spiro atoms. The smallest absolute Gasteiger partial charge is 0.150 e. The third-order valence-electron chi connectivity index (χ3n) is 9.96. The summed E-state index contributed by atoms with van der Waals surface area (Å²) in [5.41, 5.74) is 1.26. The van der Waals surface area contributed by atoms with E-state index >= 15 is 0 Å². The second-order valence-electron chi connectivity index (χ2n) is 14.4. The molecule has 1 heterocycles. The van der Waals surface area contributed by atoms with Crippen molar-refractivity contribution in [3.05, 3.63) is 21.4 Å². The molecule has 0 radical (unpaired) electrons. The Morgan fingerprint density at radius 3 is 1.41 bits per heavy atom. The summed E-state index contributed by atoms with van der Waals surface area (Å²) in [6.07, 6.45) is 31.0. The number of nitriles is 2. The minimum Gasteiger partial charge on any atom is -0.492 e. The molecule has 0 aromatic heterocycles. The van der Waals surface area contributed by atoms with Crippen molar-refractivity contribution < 1.29 is 9.47 Å². The number of hydrogen-bond acceptors (Lipinski definition) is 6. The van der Waals surface area contributed by atoms with Gasteiger partial charge in [0, 0.05) is 0 Å². The third-order valence-corrected chi connectivity index (χ3v) is 12.6. The van der Waals surface area contributed by atoms with Gasteiger partial charge in [0.15, 0.2) is 0 Å². The number of ether oxygens (including phenoxy) is 2. The summed E-state index contributed by atoms with van der Waals surface area (Å²) in [5.74, 6) is 2.89. The summed E-state index contributed by atoms with van der Waals surface area (Å²) in [7, 11) is 0. The first-order valence-corrected chi connectivity index (χ1v) is 22.0. The summed E-state index contributed by atoms with van der Waals surface area (Å²) in [6.45, 7) is 12.7. The van der Waals surface area contributed by atoms with Gasteiger partial charge in [-0.15, -0.1) is 0 Å². The first-order valence-electron chi connectivity index (χ1n) is 20.4. The van der Waals surface area contributed by atoms with Crippen molar-refractivity contribution in [2.75, 3.05) is 13.2 Å². The number of rotatable bonds is 30. The molecule has 49 heavy (non-hydrogen) atoms. The van der Waals surface area contributed by atoms with E-state index in [1.165, 1.54) is 178 Å². The van der Waals surface area contributed by atoms with Crippen LogP contribution in [0.3, 0.4) is 0 Å². The highest BCUT2D eigenvalue weighted by Crippen LogP contribution is 2.59. The maximum Gasteiger partial charge on any atom is 0.150 e. The van der Waals surface area contributed by atoms with Gasteiger partial charge in [-0.3, -0.25) is 0 Å². The van der Waals surface area contributed by atoms with Crippen molar-refractivity contribution in [3.8, 4) is 23.6 Å². The zero-order valence-electron chi connectivity index (χ0n) is 32.1. The van der Waals surface area contributed by atoms with Crippen LogP contribution in [0, 0.1) is 41.4 Å². The molecule has 6 heteroatoms. The van der Waals surface area contributed by atoms with E-state index in [4.69, 9.17) is 9.47 Å². The van der Waals surface area contributed by atoms with Gasteiger partial charge in [-0.25, -0.2) is 0 Å². The van der Waals surface area contributed by atoms with Crippen molar-refractivity contribution in [3.63, 3.8) is 0 Å². The normalized spacial score (nSPS) is 13.5. The molecule has 0 N–H and O–H groups in total. The monoisotopic (exact) mass is 710 g/mol. The number of allylic oxidation sites excluding steroid dienone is 1. The van der Waals surface area contributed by atoms with Gasteiger partial charge in [0.1, 0.15) is 29.2 Å². The van der Waals surface area contributed by atoms with E-state index in [2.05, 4.69) is 52.8 Å². The van der Waals surface area contributed by atoms with Gasteiger partial charge in [-0.05, 0) is 56.1 Å². The molecule has 0 aliphatic carbocycles. The van der Waals surface area contributed by atoms with Gasteiger partial charge in [0.2, 0.25) is 0 Å². The van der Waals surface area contributed by atoms with Gasteiger partial charge in [-0.1, -0.05) is 180 Å². The number of hydrogen-bond donors (Lipinski definition) is 0. The van der Waals surface area contributed by atoms with Crippen molar-refractivity contribution in [2.24, 2.45) is 11.8 Å². The van der Waals surface area contributed by atoms with E-state index in [0.29, 0.717) is 11.8 Å². The molecule has 2 rings (SSSR count). The van der Waals surface area contributed by atoms with Crippen LogP contribution in [0.15, 0.2) is 25.7 Å². The van der Waals surface area contributed by atoms with Crippen LogP contribution in [0.25, 0.3) is 0 Å². The highest BCUT2D eigenvalue weighted by molar-refractivity contribution is 8.24. The number of benzene rings is 1. The van der Waals surface area contributed by atoms with Crippen LogP contribution in [0.5, 0.6) is 11.5 Å². The lowest BCUT2D eigenvalue weighted by Gasteiger charge is -2.22. The van der Waals surface area contributed by atoms with E-state index in [1.807, 2.05) is 0 Å². The summed E-state index contributed by atoms with van der Waals surface area (Å²) < 4.78 is 14.2. The highest BCUT2D eigenvalue weighted by Gasteiger charge is 2.31. The second kappa shape index (κ2) is 27.9. The van der Waals surface area contributed by atoms with Crippen molar-refractivity contribution in [1.82, 2.24) is 0 Å². The van der Waals surface area contributed by atoms with Crippen LogP contribution in [0.1, 0.15) is 187 Å². The molecule has 0 saturated heterocycles. The molecule has 1 aliphatic rings. The number of nitrogens with zero attached hydrogens (tertiary/aromatic N) is 2. The maximum atomic E-state index is 9.73. The van der Waals surface area contributed by atoms with Crippen LogP contribution >= 0.6 is 23.5 Å². The van der Waals surface area contributed by atoms with Crippen LogP contribution in [0.2, 0.25) is 0 Å². The Kier molecular flexibility index (Phi) is 24.7. The average Bonchev–Trinajstić information content (AvgIpc) is 3.54. The lowest BCUT2D eigenvalue weighted by Crippen LogP contribution is -2.15. The summed E-state index contributed by atoms with van der Waals surface area (Å²) >= 11 is 3.04. The van der Waals surface area contributed by atoms with Crippen LogP contribution in [-0.2, 0) is 0 Å². The first-order chi connectivity index (χ1) is 24.0.